The SMILES string of the molecule is Cc1ccc2c(c1)C(NC(=O)C(C)N(c1ccccc1F)S(C)(=O)=O)CC(C)(C)O2. The third-order valence-corrected chi connectivity index (χ3v) is 6.35. The van der Waals surface area contributed by atoms with Crippen molar-refractivity contribution in [2.75, 3.05) is 10.6 Å². The van der Waals surface area contributed by atoms with E-state index in [-0.39, 0.29) is 11.7 Å². The van der Waals surface area contributed by atoms with Crippen LogP contribution in [0.25, 0.3) is 0 Å². The van der Waals surface area contributed by atoms with Crippen LogP contribution in [0.2, 0.25) is 0 Å². The molecular weight excluding hydrogens is 407 g/mol. The maximum Gasteiger partial charge on any atom is 0.244 e. The van der Waals surface area contributed by atoms with Gasteiger partial charge >= 0.3 is 0 Å². The van der Waals surface area contributed by atoms with Crippen molar-refractivity contribution < 1.29 is 22.3 Å². The lowest BCUT2D eigenvalue weighted by atomic mass is 9.89. The Balaban J connectivity index is 1.93. The molecule has 0 fully saturated rings. The highest BCUT2D eigenvalue weighted by molar-refractivity contribution is 7.92. The second-order valence-corrected chi connectivity index (χ2v) is 10.2. The highest BCUT2D eigenvalue weighted by atomic mass is 32.2. The molecule has 0 saturated carbocycles. The molecule has 0 bridgehead atoms. The van der Waals surface area contributed by atoms with Gasteiger partial charge in [0.25, 0.3) is 0 Å². The van der Waals surface area contributed by atoms with E-state index in [2.05, 4.69) is 5.32 Å². The van der Waals surface area contributed by atoms with Crippen molar-refractivity contribution in [1.82, 2.24) is 5.32 Å². The van der Waals surface area contributed by atoms with E-state index in [1.807, 2.05) is 39.0 Å². The van der Waals surface area contributed by atoms with Gasteiger partial charge in [0.1, 0.15) is 23.2 Å². The molecule has 162 valence electrons. The number of benzene rings is 2. The number of sulfonamides is 1. The summed E-state index contributed by atoms with van der Waals surface area (Å²) in [5.41, 5.74) is 1.19. The molecule has 3 rings (SSSR count). The van der Waals surface area contributed by atoms with Gasteiger partial charge in [-0.25, -0.2) is 12.8 Å². The predicted octanol–water partition coefficient (Wildman–Crippen LogP) is 3.71. The fraction of sp³-hybridized carbons (Fsp3) is 0.409. The molecule has 2 atom stereocenters. The van der Waals surface area contributed by atoms with E-state index in [0.717, 1.165) is 27.8 Å². The topological polar surface area (TPSA) is 75.7 Å². The first-order chi connectivity index (χ1) is 13.9. The number of aryl methyl sites for hydroxylation is 1. The molecule has 2 unspecified atom stereocenters. The van der Waals surface area contributed by atoms with Gasteiger partial charge in [-0.15, -0.1) is 0 Å². The minimum absolute atomic E-state index is 0.161. The summed E-state index contributed by atoms with van der Waals surface area (Å²) in [7, 11) is -3.91. The van der Waals surface area contributed by atoms with Gasteiger partial charge in [-0.3, -0.25) is 9.10 Å². The molecule has 2 aromatic carbocycles. The second-order valence-electron chi connectivity index (χ2n) is 8.35. The molecule has 6 nitrogen and oxygen atoms in total. The first-order valence-electron chi connectivity index (χ1n) is 9.73. The molecule has 0 spiro atoms. The molecule has 2 aromatic rings. The predicted molar refractivity (Wildman–Crippen MR) is 115 cm³/mol. The maximum absolute atomic E-state index is 14.3. The Hall–Kier alpha value is -2.61. The number of rotatable bonds is 5. The highest BCUT2D eigenvalue weighted by Gasteiger charge is 2.37. The van der Waals surface area contributed by atoms with Crippen molar-refractivity contribution >= 4 is 21.6 Å². The number of carbonyl (C=O) groups is 1. The monoisotopic (exact) mass is 434 g/mol. The Morgan fingerprint density at radius 1 is 1.27 bits per heavy atom. The molecule has 0 aliphatic carbocycles. The normalized spacial score (nSPS) is 18.7. The first kappa shape index (κ1) is 22.1. The number of carbonyl (C=O) groups excluding carboxylic acids is 1. The zero-order valence-corrected chi connectivity index (χ0v) is 18.6. The second kappa shape index (κ2) is 7.91. The summed E-state index contributed by atoms with van der Waals surface area (Å²) in [5, 5.41) is 2.95. The van der Waals surface area contributed by atoms with Crippen LogP contribution in [0.1, 0.15) is 44.4 Å². The van der Waals surface area contributed by atoms with Gasteiger partial charge in [-0.05, 0) is 45.9 Å². The Morgan fingerprint density at radius 2 is 1.93 bits per heavy atom. The summed E-state index contributed by atoms with van der Waals surface area (Å²) < 4.78 is 46.0. The Bertz CT molecular complexity index is 1070. The lowest BCUT2D eigenvalue weighted by molar-refractivity contribution is -0.123. The highest BCUT2D eigenvalue weighted by Crippen LogP contribution is 2.40. The first-order valence-corrected chi connectivity index (χ1v) is 11.6. The number of anilines is 1. The molecule has 8 heteroatoms. The summed E-state index contributed by atoms with van der Waals surface area (Å²) >= 11 is 0. The summed E-state index contributed by atoms with van der Waals surface area (Å²) in [6, 6.07) is 9.76. The third kappa shape index (κ3) is 4.59. The van der Waals surface area contributed by atoms with Crippen LogP contribution < -0.4 is 14.4 Å². The average Bonchev–Trinajstić information content (AvgIpc) is 2.62. The Labute approximate surface area is 177 Å². The smallest absolute Gasteiger partial charge is 0.244 e. The number of hydrogen-bond donors (Lipinski definition) is 1. The van der Waals surface area contributed by atoms with Crippen molar-refractivity contribution in [2.45, 2.75) is 51.8 Å². The summed E-state index contributed by atoms with van der Waals surface area (Å²) in [6.07, 6.45) is 1.47. The molecule has 1 amide bonds. The van der Waals surface area contributed by atoms with E-state index >= 15 is 0 Å². The van der Waals surface area contributed by atoms with Crippen LogP contribution in [0.15, 0.2) is 42.5 Å². The van der Waals surface area contributed by atoms with E-state index in [4.69, 9.17) is 4.74 Å². The van der Waals surface area contributed by atoms with Crippen LogP contribution >= 0.6 is 0 Å². The van der Waals surface area contributed by atoms with E-state index in [1.165, 1.54) is 25.1 Å². The quantitative estimate of drug-likeness (QED) is 0.779. The van der Waals surface area contributed by atoms with Crippen LogP contribution in [-0.4, -0.2) is 32.2 Å². The van der Waals surface area contributed by atoms with Crippen molar-refractivity contribution in [2.24, 2.45) is 0 Å². The number of amides is 1. The Kier molecular flexibility index (Phi) is 5.82. The van der Waals surface area contributed by atoms with Crippen molar-refractivity contribution in [3.8, 4) is 5.75 Å². The molecule has 1 heterocycles. The maximum atomic E-state index is 14.3. The summed E-state index contributed by atoms with van der Waals surface area (Å²) in [4.78, 5) is 13.1. The number of fused-ring (bicyclic) bond motifs is 1. The van der Waals surface area contributed by atoms with Crippen LogP contribution in [0.5, 0.6) is 5.75 Å². The number of ether oxygens (including phenoxy) is 1. The molecule has 30 heavy (non-hydrogen) atoms. The molecule has 0 aromatic heterocycles. The molecule has 0 saturated heterocycles. The fourth-order valence-corrected chi connectivity index (χ4v) is 4.98. The van der Waals surface area contributed by atoms with Crippen LogP contribution in [0.4, 0.5) is 10.1 Å². The minimum atomic E-state index is -3.91. The van der Waals surface area contributed by atoms with Gasteiger partial charge in [-0.2, -0.15) is 0 Å². The zero-order valence-electron chi connectivity index (χ0n) is 17.8. The number of para-hydroxylation sites is 1. The Morgan fingerprint density at radius 3 is 2.57 bits per heavy atom. The van der Waals surface area contributed by atoms with Crippen LogP contribution in [0.3, 0.4) is 0 Å². The van der Waals surface area contributed by atoms with Gasteiger partial charge in [0, 0.05) is 12.0 Å². The summed E-state index contributed by atoms with van der Waals surface area (Å²) in [5.74, 6) is -0.543. The van der Waals surface area contributed by atoms with E-state index in [9.17, 15) is 17.6 Å². The molecule has 1 aliphatic rings. The summed E-state index contributed by atoms with van der Waals surface area (Å²) in [6.45, 7) is 7.26. The number of hydrogen-bond acceptors (Lipinski definition) is 4. The van der Waals surface area contributed by atoms with Crippen molar-refractivity contribution in [3.05, 3.63) is 59.4 Å². The lowest BCUT2D eigenvalue weighted by Gasteiger charge is -2.39. The average molecular weight is 435 g/mol. The lowest BCUT2D eigenvalue weighted by Crippen LogP contribution is -2.50. The standard InChI is InChI=1S/C22H27FN2O4S/c1-14-10-11-20-16(12-14)18(13-22(3,4)29-20)24-21(26)15(2)25(30(5,27)28)19-9-7-6-8-17(19)23/h6-12,15,18H,13H2,1-5H3,(H,24,26). The van der Waals surface area contributed by atoms with Gasteiger partial charge < -0.3 is 10.1 Å². The van der Waals surface area contributed by atoms with Gasteiger partial charge in [-0.1, -0.05) is 29.8 Å². The van der Waals surface area contributed by atoms with Crippen LogP contribution in [-0.2, 0) is 14.8 Å². The van der Waals surface area contributed by atoms with Gasteiger partial charge in [0.05, 0.1) is 18.0 Å². The number of halogens is 1. The van der Waals surface area contributed by atoms with Gasteiger partial charge in [0.15, 0.2) is 0 Å². The largest absolute Gasteiger partial charge is 0.487 e. The van der Waals surface area contributed by atoms with E-state index in [1.54, 1.807) is 0 Å². The molecule has 1 aliphatic heterocycles. The van der Waals surface area contributed by atoms with Crippen molar-refractivity contribution in [3.63, 3.8) is 0 Å². The molecule has 1 N–H and O–H groups in total. The van der Waals surface area contributed by atoms with E-state index < -0.39 is 33.4 Å². The third-order valence-electron chi connectivity index (χ3n) is 5.12. The van der Waals surface area contributed by atoms with Crippen LogP contribution in [0, 0.1) is 12.7 Å². The molecular formula is C22H27FN2O4S. The molecule has 0 radical (unpaired) electrons. The van der Waals surface area contributed by atoms with Crippen molar-refractivity contribution in [1.29, 1.82) is 0 Å². The fourth-order valence-electron chi connectivity index (χ4n) is 3.81. The minimum Gasteiger partial charge on any atom is -0.487 e. The zero-order chi connectivity index (χ0) is 22.3. The van der Waals surface area contributed by atoms with E-state index in [0.29, 0.717) is 12.2 Å². The number of nitrogens with zero attached hydrogens (tertiary/aromatic N) is 1. The van der Waals surface area contributed by atoms with Gasteiger partial charge in [0.2, 0.25) is 15.9 Å². The number of nitrogens with one attached hydrogen (secondary N) is 1.